The number of nitrogens with zero attached hydrogens (tertiary/aromatic N) is 2. The highest BCUT2D eigenvalue weighted by atomic mass is 32.1. The van der Waals surface area contributed by atoms with Crippen molar-refractivity contribution in [2.45, 2.75) is 58.8 Å². The highest BCUT2D eigenvalue weighted by Gasteiger charge is 2.46. The van der Waals surface area contributed by atoms with Gasteiger partial charge in [-0.3, -0.25) is 9.59 Å². The Bertz CT molecular complexity index is 1020. The van der Waals surface area contributed by atoms with Gasteiger partial charge >= 0.3 is 6.09 Å². The summed E-state index contributed by atoms with van der Waals surface area (Å²) in [5.41, 5.74) is 3.66. The van der Waals surface area contributed by atoms with Crippen molar-refractivity contribution < 1.29 is 24.6 Å². The fourth-order valence-electron chi connectivity index (χ4n) is 3.87. The number of nitrogens with one attached hydrogen (secondary N) is 2. The molecule has 0 radical (unpaired) electrons. The van der Waals surface area contributed by atoms with Gasteiger partial charge in [-0.15, -0.1) is 11.3 Å². The van der Waals surface area contributed by atoms with Crippen LogP contribution < -0.4 is 10.6 Å². The zero-order chi connectivity index (χ0) is 24.3. The Morgan fingerprint density at radius 1 is 1.27 bits per heavy atom. The van der Waals surface area contributed by atoms with E-state index in [-0.39, 0.29) is 31.3 Å². The van der Waals surface area contributed by atoms with E-state index < -0.39 is 29.7 Å². The molecule has 1 fully saturated rings. The van der Waals surface area contributed by atoms with Gasteiger partial charge in [0.15, 0.2) is 0 Å². The third kappa shape index (κ3) is 5.51. The van der Waals surface area contributed by atoms with Crippen LogP contribution in [0.1, 0.15) is 38.4 Å². The maximum absolute atomic E-state index is 13.2. The number of amides is 3. The highest BCUT2D eigenvalue weighted by Crippen LogP contribution is 2.30. The first kappa shape index (κ1) is 24.7. The smallest absolute Gasteiger partial charge is 0.404 e. The molecule has 1 aromatic carbocycles. The summed E-state index contributed by atoms with van der Waals surface area (Å²) in [7, 11) is 0. The maximum atomic E-state index is 13.2. The first-order chi connectivity index (χ1) is 15.5. The molecule has 9 nitrogen and oxygen atoms in total. The van der Waals surface area contributed by atoms with Crippen molar-refractivity contribution in [3.63, 3.8) is 0 Å². The van der Waals surface area contributed by atoms with Crippen molar-refractivity contribution >= 4 is 29.2 Å². The molecule has 0 bridgehead atoms. The van der Waals surface area contributed by atoms with Gasteiger partial charge < -0.3 is 25.7 Å². The minimum Gasteiger partial charge on any atom is -0.465 e. The van der Waals surface area contributed by atoms with E-state index in [0.29, 0.717) is 0 Å². The summed E-state index contributed by atoms with van der Waals surface area (Å²) >= 11 is 1.57. The lowest BCUT2D eigenvalue weighted by molar-refractivity contribution is -0.146. The molecule has 3 amide bonds. The standard InChI is InChI=1S/C23H30N4O5S/c1-13-19(33-12-25-13)16-7-5-15(6-8-16)10-24-20(29)18-9-17(28)11-27(18)21(30)23(3,4)14(2)26-22(31)32/h5-8,12,14,17-18,26,28H,9-11H2,1-4H3,(H,24,29)(H,31,32)/t14-,17+,18-/m0/s1. The lowest BCUT2D eigenvalue weighted by Crippen LogP contribution is -2.55. The molecule has 3 atom stereocenters. The molecular weight excluding hydrogens is 444 g/mol. The Morgan fingerprint density at radius 3 is 2.52 bits per heavy atom. The summed E-state index contributed by atoms with van der Waals surface area (Å²) in [6.45, 7) is 7.14. The molecule has 1 aliphatic heterocycles. The van der Waals surface area contributed by atoms with Gasteiger partial charge in [-0.05, 0) is 38.8 Å². The third-order valence-corrected chi connectivity index (χ3v) is 7.22. The van der Waals surface area contributed by atoms with E-state index in [1.54, 1.807) is 32.1 Å². The minimum atomic E-state index is -1.23. The Morgan fingerprint density at radius 2 is 1.94 bits per heavy atom. The Kier molecular flexibility index (Phi) is 7.38. The monoisotopic (exact) mass is 474 g/mol. The molecule has 2 aromatic rings. The van der Waals surface area contributed by atoms with E-state index in [4.69, 9.17) is 5.11 Å². The van der Waals surface area contributed by atoms with Crippen LogP contribution in [0.4, 0.5) is 4.79 Å². The van der Waals surface area contributed by atoms with Crippen LogP contribution in [0.5, 0.6) is 0 Å². The molecule has 1 saturated heterocycles. The van der Waals surface area contributed by atoms with E-state index in [2.05, 4.69) is 15.6 Å². The minimum absolute atomic E-state index is 0.0308. The van der Waals surface area contributed by atoms with Crippen molar-refractivity contribution in [2.75, 3.05) is 6.54 Å². The Balaban J connectivity index is 1.65. The molecule has 4 N–H and O–H groups in total. The number of rotatable bonds is 7. The molecule has 2 heterocycles. The van der Waals surface area contributed by atoms with Crippen LogP contribution in [0.25, 0.3) is 10.4 Å². The van der Waals surface area contributed by atoms with Gasteiger partial charge in [-0.1, -0.05) is 24.3 Å². The molecule has 0 unspecified atom stereocenters. The van der Waals surface area contributed by atoms with Crippen LogP contribution in [0.3, 0.4) is 0 Å². The molecule has 0 aliphatic carbocycles. The Hall–Kier alpha value is -2.98. The average Bonchev–Trinajstić information content (AvgIpc) is 3.36. The van der Waals surface area contributed by atoms with Gasteiger partial charge in [-0.2, -0.15) is 0 Å². The van der Waals surface area contributed by atoms with Gasteiger partial charge in [-0.25, -0.2) is 9.78 Å². The zero-order valence-electron chi connectivity index (χ0n) is 19.2. The number of hydrogen-bond acceptors (Lipinski definition) is 6. The third-order valence-electron chi connectivity index (χ3n) is 6.24. The van der Waals surface area contributed by atoms with Crippen LogP contribution in [-0.2, 0) is 16.1 Å². The van der Waals surface area contributed by atoms with Gasteiger partial charge in [0.25, 0.3) is 0 Å². The van der Waals surface area contributed by atoms with Crippen LogP contribution in [-0.4, -0.2) is 62.7 Å². The summed E-state index contributed by atoms with van der Waals surface area (Å²) in [6, 6.07) is 6.34. The number of carbonyl (C=O) groups excluding carboxylic acids is 2. The number of aryl methyl sites for hydroxylation is 1. The summed E-state index contributed by atoms with van der Waals surface area (Å²) < 4.78 is 0. The lowest BCUT2D eigenvalue weighted by atomic mass is 9.83. The number of hydrogen-bond donors (Lipinski definition) is 4. The van der Waals surface area contributed by atoms with Crippen molar-refractivity contribution in [3.05, 3.63) is 41.0 Å². The van der Waals surface area contributed by atoms with Gasteiger partial charge in [0.05, 0.1) is 27.6 Å². The maximum Gasteiger partial charge on any atom is 0.404 e. The average molecular weight is 475 g/mol. The summed E-state index contributed by atoms with van der Waals surface area (Å²) in [5, 5.41) is 24.3. The fraction of sp³-hybridized carbons (Fsp3) is 0.478. The number of thiazole rings is 1. The molecule has 10 heteroatoms. The second-order valence-corrected chi connectivity index (χ2v) is 9.79. The Labute approximate surface area is 196 Å². The fourth-order valence-corrected chi connectivity index (χ4v) is 4.68. The van der Waals surface area contributed by atoms with E-state index in [9.17, 15) is 19.5 Å². The number of β-amino-alcohol motifs (C(OH)–C–C–N with tert-alkyl or cyclic N) is 1. The molecule has 0 saturated carbocycles. The second-order valence-electron chi connectivity index (χ2n) is 8.94. The summed E-state index contributed by atoms with van der Waals surface area (Å²) in [4.78, 5) is 43.9. The largest absolute Gasteiger partial charge is 0.465 e. The molecule has 1 aromatic heterocycles. The number of aliphatic hydroxyl groups excluding tert-OH is 1. The first-order valence-corrected chi connectivity index (χ1v) is 11.6. The number of benzene rings is 1. The number of likely N-dealkylation sites (tertiary alicyclic amines) is 1. The van der Waals surface area contributed by atoms with Crippen molar-refractivity contribution in [3.8, 4) is 10.4 Å². The van der Waals surface area contributed by atoms with Gasteiger partial charge in [0.2, 0.25) is 11.8 Å². The normalized spacial score (nSPS) is 19.2. The predicted molar refractivity (Wildman–Crippen MR) is 125 cm³/mol. The van der Waals surface area contributed by atoms with E-state index in [1.807, 2.05) is 36.7 Å². The number of carboxylic acid groups (broad SMARTS) is 1. The molecular formula is C23H30N4O5S. The number of aromatic nitrogens is 1. The number of carbonyl (C=O) groups is 3. The van der Waals surface area contributed by atoms with Crippen molar-refractivity contribution in [1.29, 1.82) is 0 Å². The van der Waals surface area contributed by atoms with E-state index in [0.717, 1.165) is 21.7 Å². The lowest BCUT2D eigenvalue weighted by Gasteiger charge is -2.36. The van der Waals surface area contributed by atoms with Gasteiger partial charge in [0, 0.05) is 25.6 Å². The SMILES string of the molecule is Cc1ncsc1-c1ccc(CNC(=O)[C@@H]2C[C@@H](O)CN2C(=O)C(C)(C)[C@H](C)NC(=O)O)cc1. The van der Waals surface area contributed by atoms with Crippen molar-refractivity contribution in [1.82, 2.24) is 20.5 Å². The van der Waals surface area contributed by atoms with Crippen molar-refractivity contribution in [2.24, 2.45) is 5.41 Å². The molecule has 33 heavy (non-hydrogen) atoms. The van der Waals surface area contributed by atoms with Crippen LogP contribution in [0, 0.1) is 12.3 Å². The molecule has 0 spiro atoms. The van der Waals surface area contributed by atoms with Crippen LogP contribution >= 0.6 is 11.3 Å². The van der Waals surface area contributed by atoms with Crippen LogP contribution in [0.15, 0.2) is 29.8 Å². The summed E-state index contributed by atoms with van der Waals surface area (Å²) in [6.07, 6.45) is -1.90. The van der Waals surface area contributed by atoms with E-state index in [1.165, 1.54) is 4.90 Å². The topological polar surface area (TPSA) is 132 Å². The zero-order valence-corrected chi connectivity index (χ0v) is 20.0. The predicted octanol–water partition coefficient (Wildman–Crippen LogP) is 2.38. The first-order valence-electron chi connectivity index (χ1n) is 10.8. The quantitative estimate of drug-likeness (QED) is 0.487. The van der Waals surface area contributed by atoms with Gasteiger partial charge in [0.1, 0.15) is 6.04 Å². The molecule has 3 rings (SSSR count). The van der Waals surface area contributed by atoms with Crippen LogP contribution in [0.2, 0.25) is 0 Å². The summed E-state index contributed by atoms with van der Waals surface area (Å²) in [5.74, 6) is -0.735. The molecule has 178 valence electrons. The number of aliphatic hydroxyl groups is 1. The highest BCUT2D eigenvalue weighted by molar-refractivity contribution is 7.13. The van der Waals surface area contributed by atoms with E-state index >= 15 is 0 Å². The molecule has 1 aliphatic rings. The second kappa shape index (κ2) is 9.88.